The van der Waals surface area contributed by atoms with Crippen LogP contribution in [0.2, 0.25) is 0 Å². The zero-order valence-electron chi connectivity index (χ0n) is 22.2. The van der Waals surface area contributed by atoms with E-state index >= 15 is 0 Å². The van der Waals surface area contributed by atoms with Crippen molar-refractivity contribution in [3.8, 4) is 11.5 Å². The number of nitrogens with two attached hydrogens (primary N) is 2. The Bertz CT molecular complexity index is 1390. The molecule has 0 radical (unpaired) electrons. The van der Waals surface area contributed by atoms with E-state index in [0.29, 0.717) is 36.8 Å². The fraction of sp³-hybridized carbons (Fsp3) is 0.429. The van der Waals surface area contributed by atoms with E-state index in [4.69, 9.17) is 25.9 Å². The maximum Gasteiger partial charge on any atom is 0.292 e. The third-order valence-electron chi connectivity index (χ3n) is 7.41. The number of carbonyl (C=O) groups is 1. The summed E-state index contributed by atoms with van der Waals surface area (Å²) in [6.45, 7) is 3.04. The van der Waals surface area contributed by atoms with E-state index < -0.39 is 0 Å². The maximum atomic E-state index is 13.7. The highest BCUT2D eigenvalue weighted by molar-refractivity contribution is 5.97. The van der Waals surface area contributed by atoms with Crippen molar-refractivity contribution in [3.63, 3.8) is 0 Å². The van der Waals surface area contributed by atoms with Crippen molar-refractivity contribution in [2.45, 2.75) is 57.7 Å². The summed E-state index contributed by atoms with van der Waals surface area (Å²) in [6.07, 6.45) is 4.66. The number of methoxy groups -OCH3 is 2. The van der Waals surface area contributed by atoms with Crippen LogP contribution in [0, 0.1) is 6.92 Å². The number of nitrogens with zero attached hydrogens (tertiary/aromatic N) is 4. The van der Waals surface area contributed by atoms with Crippen LogP contribution in [0.1, 0.15) is 53.0 Å². The van der Waals surface area contributed by atoms with Crippen molar-refractivity contribution in [3.05, 3.63) is 52.8 Å². The molecule has 1 aliphatic heterocycles. The Hall–Kier alpha value is -4.08. The first-order valence-electron chi connectivity index (χ1n) is 13.0. The molecule has 1 saturated carbocycles. The molecule has 2 unspecified atom stereocenters. The molecule has 0 bridgehead atoms. The molecule has 1 fully saturated rings. The number of aromatic nitrogens is 2. The standard InChI is InChI=1S/C28H35N7O3/c1-16-8-9-20-19(12-16)25(32-21-6-4-5-7-22(21)33-28(29)30)34-26(31-20)27(36)35-11-10-17-13-23(37-2)24(38-3)14-18(17)15-35/h8-9,12-14,21-22H,4-7,10-11,15H2,1-3H3,(H4,29,30,33)(H,31,32,34). The van der Waals surface area contributed by atoms with E-state index in [0.717, 1.165) is 53.3 Å². The van der Waals surface area contributed by atoms with Crippen LogP contribution in [0.15, 0.2) is 35.3 Å². The molecule has 1 amide bonds. The number of nitrogens with one attached hydrogen (secondary N) is 1. The summed E-state index contributed by atoms with van der Waals surface area (Å²) in [7, 11) is 3.24. The Balaban J connectivity index is 1.47. The molecule has 200 valence electrons. The van der Waals surface area contributed by atoms with E-state index in [1.807, 2.05) is 37.3 Å². The number of rotatable bonds is 6. The smallest absolute Gasteiger partial charge is 0.292 e. The van der Waals surface area contributed by atoms with E-state index in [9.17, 15) is 4.79 Å². The van der Waals surface area contributed by atoms with Gasteiger partial charge in [0.15, 0.2) is 17.5 Å². The van der Waals surface area contributed by atoms with Crippen LogP contribution in [0.5, 0.6) is 11.5 Å². The Morgan fingerprint density at radius 3 is 2.53 bits per heavy atom. The normalized spacial score (nSPS) is 19.0. The van der Waals surface area contributed by atoms with Crippen molar-refractivity contribution < 1.29 is 14.3 Å². The number of benzene rings is 2. The Morgan fingerprint density at radius 2 is 1.79 bits per heavy atom. The Labute approximate surface area is 222 Å². The number of anilines is 1. The zero-order chi connectivity index (χ0) is 26.8. The lowest BCUT2D eigenvalue weighted by atomic mass is 9.90. The van der Waals surface area contributed by atoms with Gasteiger partial charge in [-0.2, -0.15) is 0 Å². The lowest BCUT2D eigenvalue weighted by Crippen LogP contribution is -2.39. The molecule has 3 aromatic rings. The molecule has 2 heterocycles. The predicted molar refractivity (Wildman–Crippen MR) is 148 cm³/mol. The average molecular weight is 518 g/mol. The maximum absolute atomic E-state index is 13.7. The van der Waals surface area contributed by atoms with E-state index in [2.05, 4.69) is 15.3 Å². The van der Waals surface area contributed by atoms with Gasteiger partial charge in [-0.25, -0.2) is 15.0 Å². The number of hydrogen-bond donors (Lipinski definition) is 3. The molecule has 2 aromatic carbocycles. The predicted octanol–water partition coefficient (Wildman–Crippen LogP) is 3.15. The molecule has 2 atom stereocenters. The molecule has 5 N–H and O–H groups in total. The molecule has 1 aromatic heterocycles. The summed E-state index contributed by atoms with van der Waals surface area (Å²) in [5.74, 6) is 2.02. The largest absolute Gasteiger partial charge is 0.493 e. The number of ether oxygens (including phenoxy) is 2. The van der Waals surface area contributed by atoms with Crippen LogP contribution in [0.3, 0.4) is 0 Å². The SMILES string of the molecule is COc1cc2c(cc1OC)CN(C(=O)c1nc(NC3CCCCC3N=C(N)N)c3cc(C)ccc3n1)CC2. The minimum Gasteiger partial charge on any atom is -0.493 e. The summed E-state index contributed by atoms with van der Waals surface area (Å²) in [4.78, 5) is 29.4. The Morgan fingerprint density at radius 1 is 1.05 bits per heavy atom. The summed E-state index contributed by atoms with van der Waals surface area (Å²) in [5.41, 5.74) is 15.4. The van der Waals surface area contributed by atoms with Crippen LogP contribution < -0.4 is 26.3 Å². The third-order valence-corrected chi connectivity index (χ3v) is 7.41. The molecule has 1 aliphatic carbocycles. The summed E-state index contributed by atoms with van der Waals surface area (Å²) >= 11 is 0. The number of aryl methyl sites for hydroxylation is 1. The van der Waals surface area contributed by atoms with E-state index in [-0.39, 0.29) is 29.8 Å². The second-order valence-corrected chi connectivity index (χ2v) is 10.0. The molecule has 10 heteroatoms. The molecule has 5 rings (SSSR count). The highest BCUT2D eigenvalue weighted by atomic mass is 16.5. The molecule has 10 nitrogen and oxygen atoms in total. The summed E-state index contributed by atoms with van der Waals surface area (Å²) < 4.78 is 10.9. The van der Waals surface area contributed by atoms with Crippen LogP contribution in [0.4, 0.5) is 5.82 Å². The van der Waals surface area contributed by atoms with Gasteiger partial charge in [-0.3, -0.25) is 4.79 Å². The van der Waals surface area contributed by atoms with Crippen molar-refractivity contribution in [1.29, 1.82) is 0 Å². The minimum absolute atomic E-state index is 0.0109. The van der Waals surface area contributed by atoms with Gasteiger partial charge in [0.05, 0.1) is 31.8 Å². The summed E-state index contributed by atoms with van der Waals surface area (Å²) in [5, 5.41) is 4.45. The quantitative estimate of drug-likeness (QED) is 0.335. The minimum atomic E-state index is -0.208. The van der Waals surface area contributed by atoms with Gasteiger partial charge in [-0.1, -0.05) is 24.5 Å². The number of hydrogen-bond acceptors (Lipinski definition) is 7. The number of fused-ring (bicyclic) bond motifs is 2. The van der Waals surface area contributed by atoms with Gasteiger partial charge in [0.25, 0.3) is 5.91 Å². The summed E-state index contributed by atoms with van der Waals surface area (Å²) in [6, 6.07) is 9.87. The first kappa shape index (κ1) is 25.6. The van der Waals surface area contributed by atoms with E-state index in [1.54, 1.807) is 19.1 Å². The number of guanidine groups is 1. The zero-order valence-corrected chi connectivity index (χ0v) is 22.2. The highest BCUT2D eigenvalue weighted by Crippen LogP contribution is 2.34. The number of carbonyl (C=O) groups excluding carboxylic acids is 1. The second-order valence-electron chi connectivity index (χ2n) is 10.0. The second kappa shape index (κ2) is 10.7. The van der Waals surface area contributed by atoms with Gasteiger partial charge < -0.3 is 31.2 Å². The lowest BCUT2D eigenvalue weighted by Gasteiger charge is -2.31. The van der Waals surface area contributed by atoms with Gasteiger partial charge in [0, 0.05) is 18.5 Å². The van der Waals surface area contributed by atoms with Crippen LogP contribution >= 0.6 is 0 Å². The van der Waals surface area contributed by atoms with Gasteiger partial charge in [-0.05, 0) is 61.6 Å². The first-order valence-corrected chi connectivity index (χ1v) is 13.0. The lowest BCUT2D eigenvalue weighted by molar-refractivity contribution is 0.0722. The fourth-order valence-corrected chi connectivity index (χ4v) is 5.45. The van der Waals surface area contributed by atoms with Crippen LogP contribution in [0.25, 0.3) is 10.9 Å². The van der Waals surface area contributed by atoms with Gasteiger partial charge >= 0.3 is 0 Å². The molecule has 38 heavy (non-hydrogen) atoms. The monoisotopic (exact) mass is 517 g/mol. The molecular weight excluding hydrogens is 482 g/mol. The van der Waals surface area contributed by atoms with Crippen molar-refractivity contribution in [2.75, 3.05) is 26.1 Å². The highest BCUT2D eigenvalue weighted by Gasteiger charge is 2.29. The topological polar surface area (TPSA) is 141 Å². The molecule has 0 saturated heterocycles. The number of amides is 1. The number of aliphatic imine (C=N–C) groups is 1. The van der Waals surface area contributed by atoms with Crippen molar-refractivity contribution in [2.24, 2.45) is 16.5 Å². The molecule has 2 aliphatic rings. The van der Waals surface area contributed by atoms with Crippen LogP contribution in [-0.2, 0) is 13.0 Å². The molecule has 0 spiro atoms. The Kier molecular flexibility index (Phi) is 7.22. The van der Waals surface area contributed by atoms with Gasteiger partial charge in [0.2, 0.25) is 5.82 Å². The third kappa shape index (κ3) is 5.16. The van der Waals surface area contributed by atoms with Gasteiger partial charge in [0.1, 0.15) is 5.82 Å². The van der Waals surface area contributed by atoms with Crippen molar-refractivity contribution in [1.82, 2.24) is 14.9 Å². The van der Waals surface area contributed by atoms with E-state index in [1.165, 1.54) is 0 Å². The van der Waals surface area contributed by atoms with Gasteiger partial charge in [-0.15, -0.1) is 0 Å². The fourth-order valence-electron chi connectivity index (χ4n) is 5.45. The first-order chi connectivity index (χ1) is 18.4. The van der Waals surface area contributed by atoms with Crippen LogP contribution in [-0.4, -0.2) is 59.6 Å². The average Bonchev–Trinajstić information content (AvgIpc) is 2.92. The van der Waals surface area contributed by atoms with Crippen molar-refractivity contribution >= 4 is 28.6 Å². The molecular formula is C28H35N7O3.